The van der Waals surface area contributed by atoms with E-state index >= 15 is 0 Å². The van der Waals surface area contributed by atoms with E-state index in [-0.39, 0.29) is 21.7 Å². The third-order valence-electron chi connectivity index (χ3n) is 5.15. The molecule has 0 atom stereocenters. The molecule has 146 valence electrons. The van der Waals surface area contributed by atoms with E-state index in [1.54, 1.807) is 0 Å². The third kappa shape index (κ3) is 3.77. The molecule has 0 radical (unpaired) electrons. The summed E-state index contributed by atoms with van der Waals surface area (Å²) in [5.74, 6) is 0. The number of hydrogen-bond donors (Lipinski definition) is 1. The molecule has 1 aliphatic rings. The van der Waals surface area contributed by atoms with E-state index in [0.29, 0.717) is 0 Å². The summed E-state index contributed by atoms with van der Waals surface area (Å²) in [5.41, 5.74) is 8.76. The number of rotatable bonds is 0. The monoisotopic (exact) mass is 373 g/mol. The van der Waals surface area contributed by atoms with Crippen molar-refractivity contribution in [2.24, 2.45) is 4.99 Å². The van der Waals surface area contributed by atoms with E-state index in [4.69, 9.17) is 4.99 Å². The fourth-order valence-electron chi connectivity index (χ4n) is 4.47. The molecule has 1 aromatic rings. The number of hydrogen-bond acceptors (Lipinski definition) is 1. The molecule has 2 heteroatoms. The minimum atomic E-state index is 0.0327. The van der Waals surface area contributed by atoms with Gasteiger partial charge in [0.2, 0.25) is 0 Å². The van der Waals surface area contributed by atoms with Crippen LogP contribution >= 0.6 is 12.6 Å². The van der Waals surface area contributed by atoms with Crippen molar-refractivity contribution in [3.63, 3.8) is 0 Å². The first-order valence-corrected chi connectivity index (χ1v) is 10.3. The molecule has 1 heterocycles. The molecule has 0 N–H and O–H groups in total. The smallest absolute Gasteiger partial charge is 0.0753 e. The molecule has 26 heavy (non-hydrogen) atoms. The van der Waals surface area contributed by atoms with Crippen LogP contribution in [0.1, 0.15) is 111 Å². The van der Waals surface area contributed by atoms with E-state index in [0.717, 1.165) is 11.5 Å². The number of aliphatic imine (C=N–C) groups is 1. The average Bonchev–Trinajstić information content (AvgIpc) is 2.70. The third-order valence-corrected chi connectivity index (χ3v) is 5.41. The van der Waals surface area contributed by atoms with Gasteiger partial charge in [0.05, 0.1) is 10.7 Å². The van der Waals surface area contributed by atoms with Gasteiger partial charge < -0.3 is 0 Å². The van der Waals surface area contributed by atoms with E-state index in [9.17, 15) is 0 Å². The first-order valence-electron chi connectivity index (χ1n) is 9.88. The van der Waals surface area contributed by atoms with Gasteiger partial charge in [0.25, 0.3) is 0 Å². The molecule has 0 spiro atoms. The molecule has 0 saturated carbocycles. The van der Waals surface area contributed by atoms with Crippen molar-refractivity contribution in [2.75, 3.05) is 0 Å². The molecular formula is C24H39NS. The van der Waals surface area contributed by atoms with Crippen LogP contribution in [0, 0.1) is 0 Å². The molecular weight excluding hydrogens is 334 g/mol. The van der Waals surface area contributed by atoms with Gasteiger partial charge in [-0.2, -0.15) is 0 Å². The predicted molar refractivity (Wildman–Crippen MR) is 121 cm³/mol. The maximum absolute atomic E-state index is 4.97. The fourth-order valence-corrected chi connectivity index (χ4v) is 4.73. The summed E-state index contributed by atoms with van der Waals surface area (Å²) in [6.07, 6.45) is 0.863. The summed E-state index contributed by atoms with van der Waals surface area (Å²) in [7, 11) is 0. The lowest BCUT2D eigenvalue weighted by atomic mass is 9.62. The number of benzene rings is 1. The summed E-state index contributed by atoms with van der Waals surface area (Å²) in [6.45, 7) is 28.2. The van der Waals surface area contributed by atoms with E-state index in [1.165, 1.54) is 33.5 Å². The minimum Gasteiger partial charge on any atom is -0.246 e. The zero-order chi connectivity index (χ0) is 20.5. The Bertz CT molecular complexity index is 754. The Labute approximate surface area is 167 Å². The molecule has 0 saturated heterocycles. The van der Waals surface area contributed by atoms with Crippen molar-refractivity contribution in [3.8, 4) is 0 Å². The highest BCUT2D eigenvalue weighted by Crippen LogP contribution is 2.53. The summed E-state index contributed by atoms with van der Waals surface area (Å²) in [6, 6.07) is 0. The van der Waals surface area contributed by atoms with Gasteiger partial charge in [0, 0.05) is 6.42 Å². The first kappa shape index (κ1) is 21.5. The van der Waals surface area contributed by atoms with Crippen molar-refractivity contribution in [3.05, 3.63) is 27.8 Å². The van der Waals surface area contributed by atoms with Crippen LogP contribution in [0.5, 0.6) is 0 Å². The lowest BCUT2D eigenvalue weighted by Gasteiger charge is -2.42. The molecule has 0 fully saturated rings. The van der Waals surface area contributed by atoms with Gasteiger partial charge in [0.15, 0.2) is 0 Å². The molecule has 0 bridgehead atoms. The summed E-state index contributed by atoms with van der Waals surface area (Å²) >= 11 is 4.69. The van der Waals surface area contributed by atoms with Crippen molar-refractivity contribution < 1.29 is 0 Å². The lowest BCUT2D eigenvalue weighted by Crippen LogP contribution is -2.33. The maximum Gasteiger partial charge on any atom is 0.0753 e. The predicted octanol–water partition coefficient (Wildman–Crippen LogP) is 7.39. The zero-order valence-electron chi connectivity index (χ0n) is 19.1. The molecule has 0 unspecified atom stereocenters. The second-order valence-electron chi connectivity index (χ2n) is 12.0. The van der Waals surface area contributed by atoms with E-state index in [1.807, 2.05) is 0 Å². The highest BCUT2D eigenvalue weighted by Gasteiger charge is 2.41. The Hall–Kier alpha value is -0.760. The molecule has 2 rings (SSSR count). The number of nitrogens with zero attached hydrogens (tertiary/aromatic N) is 1. The molecule has 1 aliphatic heterocycles. The Morgan fingerprint density at radius 2 is 0.923 bits per heavy atom. The largest absolute Gasteiger partial charge is 0.246 e. The zero-order valence-corrected chi connectivity index (χ0v) is 20.0. The molecule has 1 nitrogen and oxygen atoms in total. The Balaban J connectivity index is 3.23. The standard InChI is InChI=1S/C24H39NS/c1-21(2,3)16-14-13-15(26)25-20(14)19(24(10,11)12)18(23(7,8)9)17(16)22(4,5)6/h13H2,1-12H3,(H,25,26). The average molecular weight is 374 g/mol. The van der Waals surface area contributed by atoms with E-state index < -0.39 is 0 Å². The highest BCUT2D eigenvalue weighted by molar-refractivity contribution is 7.97. The van der Waals surface area contributed by atoms with Crippen LogP contribution in [0.3, 0.4) is 0 Å². The second-order valence-corrected chi connectivity index (χ2v) is 12.5. The van der Waals surface area contributed by atoms with Crippen LogP contribution in [0.25, 0.3) is 0 Å². The Kier molecular flexibility index (Phi) is 5.07. The maximum atomic E-state index is 4.97. The Morgan fingerprint density at radius 1 is 0.577 bits per heavy atom. The van der Waals surface area contributed by atoms with Gasteiger partial charge in [-0.25, -0.2) is 4.99 Å². The first-order chi connectivity index (χ1) is 11.4. The van der Waals surface area contributed by atoms with Crippen LogP contribution in [0.15, 0.2) is 4.99 Å². The highest BCUT2D eigenvalue weighted by atomic mass is 32.1. The van der Waals surface area contributed by atoms with Crippen LogP contribution in [0.2, 0.25) is 0 Å². The Morgan fingerprint density at radius 3 is 1.27 bits per heavy atom. The number of thiol groups is 1. The van der Waals surface area contributed by atoms with Crippen LogP contribution in [0.4, 0.5) is 5.69 Å². The quantitative estimate of drug-likeness (QED) is 0.455. The normalized spacial score (nSPS) is 16.0. The topological polar surface area (TPSA) is 12.4 Å². The van der Waals surface area contributed by atoms with Gasteiger partial charge in [-0.3, -0.25) is 0 Å². The van der Waals surface area contributed by atoms with Gasteiger partial charge in [-0.15, -0.1) is 12.6 Å². The van der Waals surface area contributed by atoms with Crippen molar-refractivity contribution in [2.45, 2.75) is 111 Å². The number of fused-ring (bicyclic) bond motifs is 1. The van der Waals surface area contributed by atoms with Crippen molar-refractivity contribution >= 4 is 23.4 Å². The van der Waals surface area contributed by atoms with Gasteiger partial charge >= 0.3 is 0 Å². The summed E-state index contributed by atoms with van der Waals surface area (Å²) in [5, 5.41) is 0.946. The SMILES string of the molecule is CC(C)(C)c1c2c(c(C(C)(C)C)c(C(C)(C)C)c1C(C)(C)C)N=C(S)C2. The van der Waals surface area contributed by atoms with Crippen molar-refractivity contribution in [1.29, 1.82) is 0 Å². The minimum absolute atomic E-state index is 0.0327. The van der Waals surface area contributed by atoms with E-state index in [2.05, 4.69) is 95.7 Å². The fraction of sp³-hybridized carbons (Fsp3) is 0.708. The van der Waals surface area contributed by atoms with Crippen molar-refractivity contribution in [1.82, 2.24) is 0 Å². The van der Waals surface area contributed by atoms with Gasteiger partial charge in [0.1, 0.15) is 0 Å². The van der Waals surface area contributed by atoms with Crippen LogP contribution < -0.4 is 0 Å². The molecule has 0 aliphatic carbocycles. The van der Waals surface area contributed by atoms with Crippen LogP contribution in [-0.2, 0) is 28.1 Å². The molecule has 1 aromatic carbocycles. The molecule has 0 amide bonds. The second kappa shape index (κ2) is 6.12. The van der Waals surface area contributed by atoms with Crippen LogP contribution in [-0.4, -0.2) is 5.04 Å². The summed E-state index contributed by atoms with van der Waals surface area (Å²) < 4.78 is 0. The summed E-state index contributed by atoms with van der Waals surface area (Å²) in [4.78, 5) is 4.97. The van der Waals surface area contributed by atoms with Gasteiger partial charge in [-0.05, 0) is 49.5 Å². The van der Waals surface area contributed by atoms with Gasteiger partial charge in [-0.1, -0.05) is 83.1 Å². The molecule has 0 aromatic heterocycles. The lowest BCUT2D eigenvalue weighted by molar-refractivity contribution is 0.476.